The highest BCUT2D eigenvalue weighted by molar-refractivity contribution is 7.10. The average molecular weight is 417 g/mol. The van der Waals surface area contributed by atoms with Crippen LogP contribution >= 0.6 is 11.3 Å². The molecule has 0 saturated carbocycles. The first kappa shape index (κ1) is 21.5. The maximum Gasteiger partial charge on any atom is 0.191 e. The van der Waals surface area contributed by atoms with Gasteiger partial charge >= 0.3 is 0 Å². The number of benzene rings is 1. The molecule has 7 heteroatoms. The smallest absolute Gasteiger partial charge is 0.191 e. The van der Waals surface area contributed by atoms with E-state index >= 15 is 0 Å². The first-order chi connectivity index (χ1) is 14.0. The van der Waals surface area contributed by atoms with E-state index in [9.17, 15) is 5.11 Å². The second kappa shape index (κ2) is 9.98. The minimum Gasteiger partial charge on any atom is -0.495 e. The van der Waals surface area contributed by atoms with Crippen LogP contribution < -0.4 is 20.3 Å². The van der Waals surface area contributed by atoms with E-state index in [-0.39, 0.29) is 0 Å². The zero-order chi connectivity index (χ0) is 20.7. The van der Waals surface area contributed by atoms with E-state index in [0.717, 1.165) is 54.9 Å². The Bertz CT molecular complexity index is 792. The Hall–Kier alpha value is -2.25. The molecule has 0 amide bonds. The Morgan fingerprint density at radius 2 is 2.14 bits per heavy atom. The molecule has 29 heavy (non-hydrogen) atoms. The van der Waals surface area contributed by atoms with Gasteiger partial charge in [0.15, 0.2) is 5.96 Å². The number of guanidine groups is 1. The molecule has 1 saturated heterocycles. The van der Waals surface area contributed by atoms with Gasteiger partial charge in [0.1, 0.15) is 11.4 Å². The number of para-hydroxylation sites is 2. The van der Waals surface area contributed by atoms with Crippen LogP contribution in [0.3, 0.4) is 0 Å². The van der Waals surface area contributed by atoms with Gasteiger partial charge in [-0.1, -0.05) is 18.2 Å². The molecule has 1 aromatic heterocycles. The summed E-state index contributed by atoms with van der Waals surface area (Å²) in [7, 11) is 1.72. The van der Waals surface area contributed by atoms with Crippen LogP contribution in [0.15, 0.2) is 46.8 Å². The van der Waals surface area contributed by atoms with Gasteiger partial charge in [-0.15, -0.1) is 11.3 Å². The fraction of sp³-hybridized carbons (Fsp3) is 0.500. The quantitative estimate of drug-likeness (QED) is 0.456. The number of anilines is 1. The lowest BCUT2D eigenvalue weighted by Gasteiger charge is -2.22. The van der Waals surface area contributed by atoms with Crippen molar-refractivity contribution in [2.24, 2.45) is 10.9 Å². The third-order valence-corrected chi connectivity index (χ3v) is 6.33. The fourth-order valence-electron chi connectivity index (χ4n) is 3.59. The van der Waals surface area contributed by atoms with Crippen LogP contribution in [0.1, 0.15) is 25.1 Å². The molecule has 2 aromatic rings. The van der Waals surface area contributed by atoms with Crippen molar-refractivity contribution >= 4 is 23.0 Å². The molecule has 1 fully saturated rings. The van der Waals surface area contributed by atoms with Gasteiger partial charge in [0.05, 0.1) is 19.3 Å². The Morgan fingerprint density at radius 1 is 1.31 bits per heavy atom. The highest BCUT2D eigenvalue weighted by atomic mass is 32.1. The largest absolute Gasteiger partial charge is 0.495 e. The summed E-state index contributed by atoms with van der Waals surface area (Å²) in [6, 6.07) is 12.1. The maximum atomic E-state index is 10.7. The SMILES string of the molecule is CCNC(=NCC(C)(O)c1cccs1)NCC1CCN(c2ccccc2OC)C1. The van der Waals surface area contributed by atoms with Crippen molar-refractivity contribution in [3.8, 4) is 5.75 Å². The number of aliphatic hydroxyl groups is 1. The number of nitrogens with zero attached hydrogens (tertiary/aromatic N) is 2. The molecule has 1 aliphatic rings. The van der Waals surface area contributed by atoms with E-state index in [1.807, 2.05) is 43.5 Å². The van der Waals surface area contributed by atoms with Gasteiger partial charge < -0.3 is 25.4 Å². The first-order valence-electron chi connectivity index (χ1n) is 10.2. The van der Waals surface area contributed by atoms with E-state index in [0.29, 0.717) is 12.5 Å². The highest BCUT2D eigenvalue weighted by Crippen LogP contribution is 2.31. The summed E-state index contributed by atoms with van der Waals surface area (Å²) >= 11 is 1.55. The van der Waals surface area contributed by atoms with Crippen LogP contribution in [-0.4, -0.2) is 50.9 Å². The number of nitrogens with one attached hydrogen (secondary N) is 2. The number of rotatable bonds is 8. The molecule has 158 valence electrons. The summed E-state index contributed by atoms with van der Waals surface area (Å²) in [5.41, 5.74) is 0.204. The van der Waals surface area contributed by atoms with Crippen LogP contribution in [-0.2, 0) is 5.60 Å². The highest BCUT2D eigenvalue weighted by Gasteiger charge is 2.26. The summed E-state index contributed by atoms with van der Waals surface area (Å²) < 4.78 is 5.51. The minimum absolute atomic E-state index is 0.320. The van der Waals surface area contributed by atoms with Crippen molar-refractivity contribution in [3.63, 3.8) is 0 Å². The van der Waals surface area contributed by atoms with Crippen LogP contribution in [0.2, 0.25) is 0 Å². The lowest BCUT2D eigenvalue weighted by molar-refractivity contribution is 0.0711. The molecule has 0 spiro atoms. The monoisotopic (exact) mass is 416 g/mol. The topological polar surface area (TPSA) is 69.1 Å². The third-order valence-electron chi connectivity index (χ3n) is 5.21. The van der Waals surface area contributed by atoms with Crippen molar-refractivity contribution in [1.29, 1.82) is 0 Å². The van der Waals surface area contributed by atoms with Crippen LogP contribution in [0.4, 0.5) is 5.69 Å². The van der Waals surface area contributed by atoms with Gasteiger partial charge in [0.25, 0.3) is 0 Å². The molecular formula is C22H32N4O2S. The zero-order valence-corrected chi connectivity index (χ0v) is 18.3. The van der Waals surface area contributed by atoms with E-state index in [2.05, 4.69) is 32.7 Å². The molecule has 3 N–H and O–H groups in total. The van der Waals surface area contributed by atoms with Crippen molar-refractivity contribution in [3.05, 3.63) is 46.7 Å². The fourth-order valence-corrected chi connectivity index (χ4v) is 4.37. The van der Waals surface area contributed by atoms with Gasteiger partial charge in [0, 0.05) is 31.1 Å². The maximum absolute atomic E-state index is 10.7. The summed E-state index contributed by atoms with van der Waals surface area (Å²) in [5, 5.41) is 19.4. The zero-order valence-electron chi connectivity index (χ0n) is 17.5. The van der Waals surface area contributed by atoms with Crippen molar-refractivity contribution < 1.29 is 9.84 Å². The number of ether oxygens (including phenoxy) is 1. The molecule has 1 aliphatic heterocycles. The number of hydrogen-bond acceptors (Lipinski definition) is 5. The summed E-state index contributed by atoms with van der Waals surface area (Å²) in [5.74, 6) is 2.20. The normalized spacial score (nSPS) is 19.1. The Balaban J connectivity index is 1.55. The van der Waals surface area contributed by atoms with E-state index in [1.165, 1.54) is 0 Å². The van der Waals surface area contributed by atoms with Crippen molar-refractivity contribution in [2.75, 3.05) is 44.7 Å². The molecule has 2 heterocycles. The van der Waals surface area contributed by atoms with E-state index < -0.39 is 5.60 Å². The molecular weight excluding hydrogens is 384 g/mol. The summed E-state index contributed by atoms with van der Waals surface area (Å²) in [4.78, 5) is 7.94. The van der Waals surface area contributed by atoms with Crippen LogP contribution in [0.25, 0.3) is 0 Å². The minimum atomic E-state index is -0.954. The second-order valence-corrected chi connectivity index (χ2v) is 8.55. The predicted molar refractivity (Wildman–Crippen MR) is 121 cm³/mol. The lowest BCUT2D eigenvalue weighted by atomic mass is 10.1. The first-order valence-corrected chi connectivity index (χ1v) is 11.1. The predicted octanol–water partition coefficient (Wildman–Crippen LogP) is 3.05. The molecule has 0 aliphatic carbocycles. The third kappa shape index (κ3) is 5.64. The van der Waals surface area contributed by atoms with Gasteiger partial charge in [-0.25, -0.2) is 4.99 Å². The molecule has 2 unspecified atom stereocenters. The molecule has 6 nitrogen and oxygen atoms in total. The van der Waals surface area contributed by atoms with Crippen LogP contribution in [0, 0.1) is 5.92 Å². The van der Waals surface area contributed by atoms with Crippen molar-refractivity contribution in [1.82, 2.24) is 10.6 Å². The second-order valence-electron chi connectivity index (χ2n) is 7.60. The Labute approximate surface area is 177 Å². The summed E-state index contributed by atoms with van der Waals surface area (Å²) in [6.45, 7) is 7.82. The number of methoxy groups -OCH3 is 1. The number of hydrogen-bond donors (Lipinski definition) is 3. The summed E-state index contributed by atoms with van der Waals surface area (Å²) in [6.07, 6.45) is 1.12. The standard InChI is InChI=1S/C22H32N4O2S/c1-4-23-21(25-16-22(2,27)20-10-7-13-29-20)24-14-17-11-12-26(15-17)18-8-5-6-9-19(18)28-3/h5-10,13,17,27H,4,11-12,14-16H2,1-3H3,(H2,23,24,25). The number of thiophene rings is 1. The molecule has 0 radical (unpaired) electrons. The van der Waals surface area contributed by atoms with Gasteiger partial charge in [0.2, 0.25) is 0 Å². The Morgan fingerprint density at radius 3 is 2.86 bits per heavy atom. The molecule has 0 bridgehead atoms. The van der Waals surface area contributed by atoms with Crippen LogP contribution in [0.5, 0.6) is 5.75 Å². The average Bonchev–Trinajstić information content (AvgIpc) is 3.42. The molecule has 3 rings (SSSR count). The van der Waals surface area contributed by atoms with E-state index in [1.54, 1.807) is 18.4 Å². The molecule has 2 atom stereocenters. The molecule has 1 aromatic carbocycles. The van der Waals surface area contributed by atoms with Crippen molar-refractivity contribution in [2.45, 2.75) is 25.9 Å². The van der Waals surface area contributed by atoms with Gasteiger partial charge in [-0.3, -0.25) is 0 Å². The van der Waals surface area contributed by atoms with Gasteiger partial charge in [-0.2, -0.15) is 0 Å². The lowest BCUT2D eigenvalue weighted by Crippen LogP contribution is -2.41. The van der Waals surface area contributed by atoms with Gasteiger partial charge in [-0.05, 0) is 49.8 Å². The van der Waals surface area contributed by atoms with E-state index in [4.69, 9.17) is 4.74 Å². The number of aliphatic imine (C=N–C) groups is 1. The Kier molecular flexibility index (Phi) is 7.39.